The van der Waals surface area contributed by atoms with Gasteiger partial charge in [0.05, 0.1) is 6.61 Å². The van der Waals surface area contributed by atoms with Gasteiger partial charge in [-0.3, -0.25) is 10.7 Å². The molecule has 34 heavy (non-hydrogen) atoms. The monoisotopic (exact) mass is 470 g/mol. The zero-order chi connectivity index (χ0) is 24.6. The molecule has 1 aliphatic rings. The van der Waals surface area contributed by atoms with Crippen LogP contribution in [0.5, 0.6) is 11.5 Å². The molecule has 1 saturated heterocycles. The summed E-state index contributed by atoms with van der Waals surface area (Å²) in [4.78, 5) is 11.9. The molecule has 9 nitrogen and oxygen atoms in total. The highest BCUT2D eigenvalue weighted by atomic mass is 16.6. The molecule has 1 amide bonds. The van der Waals surface area contributed by atoms with E-state index in [4.69, 9.17) is 24.4 Å². The number of carbonyl (C=O) groups excluding carboxylic acids is 1. The number of ether oxygens (including phenoxy) is 4. The van der Waals surface area contributed by atoms with Crippen LogP contribution in [0.25, 0.3) is 0 Å². The van der Waals surface area contributed by atoms with Crippen LogP contribution in [0.3, 0.4) is 0 Å². The zero-order valence-electron chi connectivity index (χ0n) is 20.2. The molecule has 0 aliphatic carbocycles. The minimum atomic E-state index is -0.564. The Hall–Kier alpha value is -3.46. The molecule has 184 valence electrons. The summed E-state index contributed by atoms with van der Waals surface area (Å²) in [6.07, 6.45) is 1.40. The van der Waals surface area contributed by atoms with E-state index in [0.717, 1.165) is 36.4 Å². The minimum absolute atomic E-state index is 0.000119. The summed E-state index contributed by atoms with van der Waals surface area (Å²) >= 11 is 0. The fraction of sp³-hybridized carbons (Fsp3) is 0.440. The Kier molecular flexibility index (Phi) is 8.59. The van der Waals surface area contributed by atoms with Gasteiger partial charge in [0.15, 0.2) is 5.96 Å². The summed E-state index contributed by atoms with van der Waals surface area (Å²) in [5.74, 6) is 1.55. The predicted octanol–water partition coefficient (Wildman–Crippen LogP) is 4.74. The van der Waals surface area contributed by atoms with Gasteiger partial charge < -0.3 is 29.6 Å². The summed E-state index contributed by atoms with van der Waals surface area (Å²) in [6.45, 7) is 7.05. The standard InChI is InChI=1S/C25H34N4O5/c1-25(2,3)34-24(30)29-18-7-10-20(11-8-18)32-15-17-14-19(28-23(26)27-4)9-12-22(17)33-21-6-5-13-31-16-21/h7-12,14,21H,5-6,13,15-16H2,1-4H3,(H,29,30)(H3,26,27,28). The van der Waals surface area contributed by atoms with Gasteiger partial charge in [0.25, 0.3) is 0 Å². The average molecular weight is 471 g/mol. The van der Waals surface area contributed by atoms with E-state index in [-0.39, 0.29) is 18.7 Å². The van der Waals surface area contributed by atoms with E-state index in [2.05, 4.69) is 16.0 Å². The molecule has 1 aliphatic heterocycles. The van der Waals surface area contributed by atoms with Crippen LogP contribution < -0.4 is 25.4 Å². The van der Waals surface area contributed by atoms with E-state index >= 15 is 0 Å². The van der Waals surface area contributed by atoms with Gasteiger partial charge in [0.2, 0.25) is 0 Å². The number of anilines is 2. The molecular weight excluding hydrogens is 436 g/mol. The number of hydrogen-bond acceptors (Lipinski definition) is 6. The Morgan fingerprint density at radius 1 is 1.12 bits per heavy atom. The van der Waals surface area contributed by atoms with Crippen molar-refractivity contribution in [3.05, 3.63) is 48.0 Å². The van der Waals surface area contributed by atoms with Crippen molar-refractivity contribution in [3.63, 3.8) is 0 Å². The topological polar surface area (TPSA) is 114 Å². The Labute approximate surface area is 200 Å². The van der Waals surface area contributed by atoms with Gasteiger partial charge in [-0.25, -0.2) is 4.79 Å². The normalized spacial score (nSPS) is 15.7. The van der Waals surface area contributed by atoms with E-state index in [9.17, 15) is 4.79 Å². The third-order valence-electron chi connectivity index (χ3n) is 4.89. The Morgan fingerprint density at radius 2 is 1.85 bits per heavy atom. The molecule has 3 rings (SSSR count). The Balaban J connectivity index is 1.66. The second-order valence-electron chi connectivity index (χ2n) is 8.97. The number of nitrogens with one attached hydrogen (secondary N) is 4. The van der Waals surface area contributed by atoms with Gasteiger partial charge in [0.1, 0.15) is 29.8 Å². The molecule has 4 N–H and O–H groups in total. The fourth-order valence-electron chi connectivity index (χ4n) is 3.29. The largest absolute Gasteiger partial charge is 0.489 e. The molecule has 0 radical (unpaired) electrons. The maximum absolute atomic E-state index is 11.9. The van der Waals surface area contributed by atoms with Gasteiger partial charge in [-0.2, -0.15) is 0 Å². The van der Waals surface area contributed by atoms with Crippen LogP contribution in [-0.4, -0.2) is 44.0 Å². The van der Waals surface area contributed by atoms with E-state index in [0.29, 0.717) is 18.0 Å². The average Bonchev–Trinajstić information content (AvgIpc) is 2.79. The van der Waals surface area contributed by atoms with Crippen molar-refractivity contribution in [2.45, 2.75) is 51.9 Å². The lowest BCUT2D eigenvalue weighted by atomic mass is 10.1. The second kappa shape index (κ2) is 11.6. The number of benzene rings is 2. The third-order valence-corrected chi connectivity index (χ3v) is 4.89. The lowest BCUT2D eigenvalue weighted by molar-refractivity contribution is 0.00670. The maximum Gasteiger partial charge on any atom is 0.412 e. The highest BCUT2D eigenvalue weighted by Gasteiger charge is 2.18. The van der Waals surface area contributed by atoms with Crippen molar-refractivity contribution in [3.8, 4) is 11.5 Å². The van der Waals surface area contributed by atoms with Crippen molar-refractivity contribution in [2.24, 2.45) is 0 Å². The smallest absolute Gasteiger partial charge is 0.412 e. The van der Waals surface area contributed by atoms with Crippen molar-refractivity contribution < 1.29 is 23.7 Å². The van der Waals surface area contributed by atoms with Crippen molar-refractivity contribution >= 4 is 23.4 Å². The molecular formula is C25H34N4O5. The van der Waals surface area contributed by atoms with Gasteiger partial charge in [-0.15, -0.1) is 0 Å². The van der Waals surface area contributed by atoms with Gasteiger partial charge in [0, 0.05) is 30.6 Å². The first-order valence-corrected chi connectivity index (χ1v) is 11.4. The van der Waals surface area contributed by atoms with E-state index < -0.39 is 11.7 Å². The molecule has 0 aromatic heterocycles. The van der Waals surface area contributed by atoms with Crippen molar-refractivity contribution in [1.82, 2.24) is 5.32 Å². The van der Waals surface area contributed by atoms with Crippen LogP contribution in [0.2, 0.25) is 0 Å². The molecule has 2 aromatic rings. The summed E-state index contributed by atoms with van der Waals surface area (Å²) in [5.41, 5.74) is 1.64. The number of guanidine groups is 1. The highest BCUT2D eigenvalue weighted by molar-refractivity contribution is 5.91. The van der Waals surface area contributed by atoms with Gasteiger partial charge >= 0.3 is 6.09 Å². The highest BCUT2D eigenvalue weighted by Crippen LogP contribution is 2.27. The predicted molar refractivity (Wildman–Crippen MR) is 132 cm³/mol. The Bertz CT molecular complexity index is 966. The summed E-state index contributed by atoms with van der Waals surface area (Å²) in [7, 11) is 1.68. The number of amides is 1. The molecule has 1 heterocycles. The second-order valence-corrected chi connectivity index (χ2v) is 8.97. The summed E-state index contributed by atoms with van der Waals surface area (Å²) in [5, 5.41) is 16.3. The van der Waals surface area contributed by atoms with Crippen LogP contribution in [0.15, 0.2) is 42.5 Å². The zero-order valence-corrected chi connectivity index (χ0v) is 20.2. The molecule has 0 saturated carbocycles. The molecule has 9 heteroatoms. The molecule has 0 bridgehead atoms. The lowest BCUT2D eigenvalue weighted by Gasteiger charge is -2.25. The molecule has 2 aromatic carbocycles. The summed E-state index contributed by atoms with van der Waals surface area (Å²) < 4.78 is 23.0. The molecule has 1 atom stereocenters. The van der Waals surface area contributed by atoms with Crippen LogP contribution in [0.4, 0.5) is 16.2 Å². The molecule has 1 unspecified atom stereocenters. The van der Waals surface area contributed by atoms with Crippen molar-refractivity contribution in [1.29, 1.82) is 5.41 Å². The van der Waals surface area contributed by atoms with Crippen LogP contribution in [0, 0.1) is 5.41 Å². The summed E-state index contributed by atoms with van der Waals surface area (Å²) in [6, 6.07) is 12.7. The van der Waals surface area contributed by atoms with Crippen LogP contribution >= 0.6 is 0 Å². The van der Waals surface area contributed by atoms with Crippen LogP contribution in [-0.2, 0) is 16.1 Å². The molecule has 0 spiro atoms. The van der Waals surface area contributed by atoms with Crippen LogP contribution in [0.1, 0.15) is 39.2 Å². The van der Waals surface area contributed by atoms with Gasteiger partial charge in [-0.05, 0) is 76.1 Å². The maximum atomic E-state index is 11.9. The van der Waals surface area contributed by atoms with E-state index in [1.807, 2.05) is 39.0 Å². The SMILES string of the molecule is CNC(=N)Nc1ccc(OC2CCCOC2)c(COc2ccc(NC(=O)OC(C)(C)C)cc2)c1. The van der Waals surface area contributed by atoms with Crippen molar-refractivity contribution in [2.75, 3.05) is 30.9 Å². The third kappa shape index (κ3) is 8.15. The first kappa shape index (κ1) is 25.2. The first-order chi connectivity index (χ1) is 16.2. The number of carbonyl (C=O) groups is 1. The fourth-order valence-corrected chi connectivity index (χ4v) is 3.29. The quantitative estimate of drug-likeness (QED) is 0.341. The minimum Gasteiger partial charge on any atom is -0.489 e. The lowest BCUT2D eigenvalue weighted by Crippen LogP contribution is -2.28. The molecule has 1 fully saturated rings. The Morgan fingerprint density at radius 3 is 2.50 bits per heavy atom. The van der Waals surface area contributed by atoms with Gasteiger partial charge in [-0.1, -0.05) is 0 Å². The van der Waals surface area contributed by atoms with E-state index in [1.165, 1.54) is 0 Å². The number of hydrogen-bond donors (Lipinski definition) is 4. The number of rotatable bonds is 7. The first-order valence-electron chi connectivity index (χ1n) is 11.4. The van der Waals surface area contributed by atoms with E-state index in [1.54, 1.807) is 31.3 Å².